The number of oxazole rings is 1. The van der Waals surface area contributed by atoms with E-state index in [1.807, 2.05) is 30.3 Å². The highest BCUT2D eigenvalue weighted by atomic mass is 79.9. The second-order valence-electron chi connectivity index (χ2n) is 5.16. The van der Waals surface area contributed by atoms with Gasteiger partial charge in [0, 0.05) is 17.9 Å². The molecule has 2 aromatic carbocycles. The van der Waals surface area contributed by atoms with Crippen molar-refractivity contribution >= 4 is 31.7 Å². The van der Waals surface area contributed by atoms with Crippen LogP contribution >= 0.6 is 15.9 Å². The number of aryl methyl sites for hydroxylation is 1. The van der Waals surface area contributed by atoms with E-state index >= 15 is 0 Å². The third-order valence-electron chi connectivity index (χ3n) is 3.38. The first-order valence-corrected chi connectivity index (χ1v) is 9.50. The Kier molecular flexibility index (Phi) is 4.73. The quantitative estimate of drug-likeness (QED) is 0.687. The Bertz CT molecular complexity index is 936. The fourth-order valence-corrected chi connectivity index (χ4v) is 3.79. The van der Waals surface area contributed by atoms with Crippen LogP contribution in [0.2, 0.25) is 0 Å². The summed E-state index contributed by atoms with van der Waals surface area (Å²) < 4.78 is 31.9. The lowest BCUT2D eigenvalue weighted by Crippen LogP contribution is -2.07. The lowest BCUT2D eigenvalue weighted by Gasteiger charge is -2.06. The summed E-state index contributed by atoms with van der Waals surface area (Å²) >= 11 is 3.30. The number of nitrogens with zero attached hydrogens (tertiary/aromatic N) is 1. The predicted octanol–water partition coefficient (Wildman–Crippen LogP) is 4.19. The van der Waals surface area contributed by atoms with Crippen molar-refractivity contribution in [1.29, 1.82) is 0 Å². The Morgan fingerprint density at radius 1 is 1.08 bits per heavy atom. The van der Waals surface area contributed by atoms with Crippen LogP contribution in [0.4, 0.5) is 5.88 Å². The molecule has 3 aromatic rings. The summed E-state index contributed by atoms with van der Waals surface area (Å²) in [6.07, 6.45) is 0. The van der Waals surface area contributed by atoms with Crippen LogP contribution < -0.4 is 5.32 Å². The smallest absolute Gasteiger partial charge is 0.233 e. The van der Waals surface area contributed by atoms with Gasteiger partial charge >= 0.3 is 0 Å². The molecular formula is C17H15BrN2O3S. The molecule has 0 saturated carbocycles. The molecule has 5 nitrogen and oxygen atoms in total. The summed E-state index contributed by atoms with van der Waals surface area (Å²) in [5.41, 5.74) is 1.01. The Morgan fingerprint density at radius 2 is 1.75 bits per heavy atom. The minimum atomic E-state index is -3.76. The van der Waals surface area contributed by atoms with Gasteiger partial charge in [0.05, 0.1) is 4.90 Å². The van der Waals surface area contributed by atoms with Crippen LogP contribution in [0.1, 0.15) is 11.5 Å². The molecular weight excluding hydrogens is 392 g/mol. The molecule has 0 bridgehead atoms. The highest BCUT2D eigenvalue weighted by Gasteiger charge is 2.27. The first-order valence-electron chi connectivity index (χ1n) is 7.23. The fourth-order valence-electron chi connectivity index (χ4n) is 2.21. The molecule has 0 amide bonds. The summed E-state index contributed by atoms with van der Waals surface area (Å²) in [5.74, 6) is 0.445. The van der Waals surface area contributed by atoms with Gasteiger partial charge in [-0.05, 0) is 29.8 Å². The number of anilines is 1. The topological polar surface area (TPSA) is 72.2 Å². The van der Waals surface area contributed by atoms with E-state index in [9.17, 15) is 8.42 Å². The zero-order valence-electron chi connectivity index (χ0n) is 12.9. The predicted molar refractivity (Wildman–Crippen MR) is 94.6 cm³/mol. The molecule has 0 aliphatic heterocycles. The van der Waals surface area contributed by atoms with E-state index in [1.165, 1.54) is 12.1 Å². The first kappa shape index (κ1) is 16.7. The van der Waals surface area contributed by atoms with E-state index in [0.29, 0.717) is 12.4 Å². The van der Waals surface area contributed by atoms with Gasteiger partial charge in [0.15, 0.2) is 5.89 Å². The summed E-state index contributed by atoms with van der Waals surface area (Å²) in [7, 11) is -3.76. The maximum absolute atomic E-state index is 12.8. The van der Waals surface area contributed by atoms with Crippen LogP contribution in [0.15, 0.2) is 73.4 Å². The van der Waals surface area contributed by atoms with Gasteiger partial charge in [-0.3, -0.25) is 0 Å². The molecule has 3 rings (SSSR count). The molecule has 1 N–H and O–H groups in total. The fraction of sp³-hybridized carbons (Fsp3) is 0.118. The van der Waals surface area contributed by atoms with Crippen molar-refractivity contribution in [2.75, 3.05) is 5.32 Å². The van der Waals surface area contributed by atoms with E-state index < -0.39 is 9.84 Å². The van der Waals surface area contributed by atoms with E-state index in [2.05, 4.69) is 26.2 Å². The second-order valence-corrected chi connectivity index (χ2v) is 7.94. The largest absolute Gasteiger partial charge is 0.424 e. The van der Waals surface area contributed by atoms with Gasteiger partial charge in [-0.15, -0.1) is 0 Å². The van der Waals surface area contributed by atoms with Crippen molar-refractivity contribution in [2.24, 2.45) is 0 Å². The van der Waals surface area contributed by atoms with Gasteiger partial charge < -0.3 is 9.73 Å². The lowest BCUT2D eigenvalue weighted by atomic mass is 10.2. The van der Waals surface area contributed by atoms with Gasteiger partial charge in [-0.1, -0.05) is 46.3 Å². The number of benzene rings is 2. The SMILES string of the molecule is Cc1nc(S(=O)(=O)c2ccc(Br)cc2)c(NCc2ccccc2)o1. The number of aromatic nitrogens is 1. The van der Waals surface area contributed by atoms with Gasteiger partial charge in [-0.2, -0.15) is 4.98 Å². The molecule has 0 aliphatic carbocycles. The van der Waals surface area contributed by atoms with Crippen LogP contribution in [-0.4, -0.2) is 13.4 Å². The molecule has 1 heterocycles. The molecule has 0 fully saturated rings. The number of hydrogen-bond acceptors (Lipinski definition) is 5. The second kappa shape index (κ2) is 6.78. The van der Waals surface area contributed by atoms with Crippen molar-refractivity contribution < 1.29 is 12.8 Å². The lowest BCUT2D eigenvalue weighted by molar-refractivity contribution is 0.531. The molecule has 7 heteroatoms. The third kappa shape index (κ3) is 3.52. The van der Waals surface area contributed by atoms with Crippen LogP contribution in [0.5, 0.6) is 0 Å². The van der Waals surface area contributed by atoms with Crippen molar-refractivity contribution in [3.8, 4) is 0 Å². The number of nitrogens with one attached hydrogen (secondary N) is 1. The summed E-state index contributed by atoms with van der Waals surface area (Å²) in [5, 5.41) is 2.92. The van der Waals surface area contributed by atoms with Crippen LogP contribution in [0, 0.1) is 6.92 Å². The van der Waals surface area contributed by atoms with Gasteiger partial charge in [0.2, 0.25) is 20.7 Å². The van der Waals surface area contributed by atoms with Crippen LogP contribution in [-0.2, 0) is 16.4 Å². The van der Waals surface area contributed by atoms with Gasteiger partial charge in [0.1, 0.15) is 0 Å². The van der Waals surface area contributed by atoms with Crippen LogP contribution in [0.25, 0.3) is 0 Å². The molecule has 1 aromatic heterocycles. The number of rotatable bonds is 5. The molecule has 0 radical (unpaired) electrons. The molecule has 0 atom stereocenters. The average Bonchev–Trinajstić information content (AvgIpc) is 2.96. The Labute approximate surface area is 148 Å². The number of hydrogen-bond donors (Lipinski definition) is 1. The monoisotopic (exact) mass is 406 g/mol. The molecule has 0 aliphatic rings. The van der Waals surface area contributed by atoms with Crippen molar-refractivity contribution in [3.05, 3.63) is 70.5 Å². The zero-order valence-corrected chi connectivity index (χ0v) is 15.3. The molecule has 0 spiro atoms. The minimum absolute atomic E-state index is 0.0988. The van der Waals surface area contributed by atoms with E-state index in [-0.39, 0.29) is 15.8 Å². The molecule has 0 unspecified atom stereocenters. The Morgan fingerprint density at radius 3 is 2.42 bits per heavy atom. The Hall–Kier alpha value is -2.12. The van der Waals surface area contributed by atoms with E-state index in [1.54, 1.807) is 19.1 Å². The Balaban J connectivity index is 1.92. The zero-order chi connectivity index (χ0) is 17.2. The van der Waals surface area contributed by atoms with Crippen LogP contribution in [0.3, 0.4) is 0 Å². The third-order valence-corrected chi connectivity index (χ3v) is 5.58. The number of halogens is 1. The van der Waals surface area contributed by atoms with E-state index in [0.717, 1.165) is 10.0 Å². The minimum Gasteiger partial charge on any atom is -0.424 e. The standard InChI is InChI=1S/C17H15BrN2O3S/c1-12-20-17(24(21,22)15-9-7-14(18)8-10-15)16(23-12)19-11-13-5-3-2-4-6-13/h2-10,19H,11H2,1H3. The molecule has 24 heavy (non-hydrogen) atoms. The van der Waals surface area contributed by atoms with Crippen molar-refractivity contribution in [1.82, 2.24) is 4.98 Å². The maximum atomic E-state index is 12.8. The molecule has 124 valence electrons. The number of sulfone groups is 1. The maximum Gasteiger partial charge on any atom is 0.233 e. The average molecular weight is 407 g/mol. The van der Waals surface area contributed by atoms with Crippen molar-refractivity contribution in [3.63, 3.8) is 0 Å². The van der Waals surface area contributed by atoms with Gasteiger partial charge in [0.25, 0.3) is 0 Å². The molecule has 0 saturated heterocycles. The first-order chi connectivity index (χ1) is 11.5. The van der Waals surface area contributed by atoms with Crippen molar-refractivity contribution in [2.45, 2.75) is 23.4 Å². The van der Waals surface area contributed by atoms with E-state index in [4.69, 9.17) is 4.42 Å². The summed E-state index contributed by atoms with van der Waals surface area (Å²) in [4.78, 5) is 4.23. The summed E-state index contributed by atoms with van der Waals surface area (Å²) in [6, 6.07) is 16.1. The highest BCUT2D eigenvalue weighted by Crippen LogP contribution is 2.29. The van der Waals surface area contributed by atoms with Gasteiger partial charge in [-0.25, -0.2) is 8.42 Å². The summed E-state index contributed by atoms with van der Waals surface area (Å²) in [6.45, 7) is 2.06. The normalized spacial score (nSPS) is 11.4. The highest BCUT2D eigenvalue weighted by molar-refractivity contribution is 9.10.